The molecule has 0 bridgehead atoms. The summed E-state index contributed by atoms with van der Waals surface area (Å²) >= 11 is 8.04. The number of hydrogen-bond acceptors (Lipinski definition) is 3. The van der Waals surface area contributed by atoms with Crippen molar-refractivity contribution in [2.45, 2.75) is 75.6 Å². The van der Waals surface area contributed by atoms with Gasteiger partial charge in [-0.2, -0.15) is 0 Å². The molecule has 3 nitrogen and oxygen atoms in total. The molecule has 1 aliphatic rings. The van der Waals surface area contributed by atoms with Crippen molar-refractivity contribution in [3.8, 4) is 0 Å². The minimum absolute atomic E-state index is 0.107. The van der Waals surface area contributed by atoms with E-state index in [1.54, 1.807) is 18.0 Å². The van der Waals surface area contributed by atoms with Crippen LogP contribution in [-0.2, 0) is 5.75 Å². The van der Waals surface area contributed by atoms with Crippen LogP contribution >= 0.6 is 23.4 Å². The number of aromatic nitrogens is 1. The van der Waals surface area contributed by atoms with Crippen LogP contribution in [0.25, 0.3) is 0 Å². The number of amides is 1. The first-order chi connectivity index (χ1) is 13.5. The van der Waals surface area contributed by atoms with E-state index in [0.29, 0.717) is 11.6 Å². The molecule has 28 heavy (non-hydrogen) atoms. The number of thioether (sulfide) groups is 1. The van der Waals surface area contributed by atoms with Crippen LogP contribution in [0.4, 0.5) is 0 Å². The number of carbonyl (C=O) groups excluding carboxylic acids is 1. The SMILES string of the molecule is Cc1cccc(Cl)c1SCc1cncc(C(=O)N(C(C)C)C2CCCCC2)c1. The predicted octanol–water partition coefficient (Wildman–Crippen LogP) is 6.52. The summed E-state index contributed by atoms with van der Waals surface area (Å²) in [5.74, 6) is 0.847. The maximum Gasteiger partial charge on any atom is 0.255 e. The normalized spacial score (nSPS) is 15.0. The Kier molecular flexibility index (Phi) is 7.42. The molecule has 150 valence electrons. The Hall–Kier alpha value is -1.52. The van der Waals surface area contributed by atoms with Crippen LogP contribution < -0.4 is 0 Å². The van der Waals surface area contributed by atoms with Gasteiger partial charge in [0.05, 0.1) is 10.6 Å². The molecule has 1 amide bonds. The number of aryl methyl sites for hydroxylation is 1. The van der Waals surface area contributed by atoms with Crippen LogP contribution in [0.1, 0.15) is 67.4 Å². The average molecular weight is 417 g/mol. The minimum atomic E-state index is 0.107. The van der Waals surface area contributed by atoms with Gasteiger partial charge in [0.25, 0.3) is 5.91 Å². The lowest BCUT2D eigenvalue weighted by molar-refractivity contribution is 0.0555. The van der Waals surface area contributed by atoms with Gasteiger partial charge in [-0.15, -0.1) is 11.8 Å². The Bertz CT molecular complexity index is 798. The molecule has 0 aliphatic heterocycles. The Balaban J connectivity index is 1.75. The van der Waals surface area contributed by atoms with Crippen LogP contribution in [-0.4, -0.2) is 27.9 Å². The van der Waals surface area contributed by atoms with E-state index >= 15 is 0 Å². The third-order valence-corrected chi connectivity index (χ3v) is 7.08. The summed E-state index contributed by atoms with van der Waals surface area (Å²) in [5, 5.41) is 0.772. The summed E-state index contributed by atoms with van der Waals surface area (Å²) in [6, 6.07) is 8.49. The average Bonchev–Trinajstić information content (AvgIpc) is 2.68. The summed E-state index contributed by atoms with van der Waals surface area (Å²) < 4.78 is 0. The third kappa shape index (κ3) is 5.09. The van der Waals surface area contributed by atoms with Gasteiger partial charge in [-0.3, -0.25) is 9.78 Å². The molecule has 0 unspecified atom stereocenters. The number of rotatable bonds is 6. The van der Waals surface area contributed by atoms with Crippen LogP contribution in [0.5, 0.6) is 0 Å². The Morgan fingerprint density at radius 1 is 1.25 bits per heavy atom. The van der Waals surface area contributed by atoms with E-state index < -0.39 is 0 Å². The third-order valence-electron chi connectivity index (χ3n) is 5.35. The van der Waals surface area contributed by atoms with Crippen molar-refractivity contribution < 1.29 is 4.79 Å². The highest BCUT2D eigenvalue weighted by Gasteiger charge is 2.28. The fourth-order valence-corrected chi connectivity index (χ4v) is 5.32. The van der Waals surface area contributed by atoms with Crippen LogP contribution in [0.15, 0.2) is 41.6 Å². The molecule has 2 aromatic rings. The molecule has 1 aromatic heterocycles. The summed E-state index contributed by atoms with van der Waals surface area (Å²) in [6.07, 6.45) is 9.48. The first-order valence-electron chi connectivity index (χ1n) is 10.1. The second-order valence-corrected chi connectivity index (χ2v) is 9.25. The van der Waals surface area contributed by atoms with Crippen molar-refractivity contribution in [1.82, 2.24) is 9.88 Å². The van der Waals surface area contributed by atoms with Crippen molar-refractivity contribution in [1.29, 1.82) is 0 Å². The number of halogens is 1. The highest BCUT2D eigenvalue weighted by molar-refractivity contribution is 7.98. The Labute approximate surface area is 177 Å². The smallest absolute Gasteiger partial charge is 0.255 e. The minimum Gasteiger partial charge on any atom is -0.333 e. The zero-order valence-corrected chi connectivity index (χ0v) is 18.5. The first-order valence-corrected chi connectivity index (χ1v) is 11.5. The largest absolute Gasteiger partial charge is 0.333 e. The van der Waals surface area contributed by atoms with E-state index in [1.165, 1.54) is 24.8 Å². The highest BCUT2D eigenvalue weighted by atomic mass is 35.5. The molecule has 3 rings (SSSR count). The molecule has 0 N–H and O–H groups in total. The molecule has 1 fully saturated rings. The summed E-state index contributed by atoms with van der Waals surface area (Å²) in [7, 11) is 0. The Morgan fingerprint density at radius 2 is 2.00 bits per heavy atom. The van der Waals surface area contributed by atoms with Gasteiger partial charge >= 0.3 is 0 Å². The zero-order valence-electron chi connectivity index (χ0n) is 17.0. The van der Waals surface area contributed by atoms with Crippen molar-refractivity contribution in [3.63, 3.8) is 0 Å². The predicted molar refractivity (Wildman–Crippen MR) is 118 cm³/mol. The van der Waals surface area contributed by atoms with Gasteiger partial charge < -0.3 is 4.90 Å². The molecule has 1 aliphatic carbocycles. The van der Waals surface area contributed by atoms with Gasteiger partial charge in [0.15, 0.2) is 0 Å². The van der Waals surface area contributed by atoms with Gasteiger partial charge in [0.1, 0.15) is 0 Å². The van der Waals surface area contributed by atoms with Crippen molar-refractivity contribution in [3.05, 3.63) is 58.4 Å². The van der Waals surface area contributed by atoms with Crippen molar-refractivity contribution in [2.75, 3.05) is 0 Å². The molecule has 0 spiro atoms. The standard InChI is InChI=1S/C23H29ClN2OS/c1-16(2)26(20-9-5-4-6-10-20)23(27)19-12-18(13-25-14-19)15-28-22-17(3)8-7-11-21(22)24/h7-8,11-14,16,20H,4-6,9-10,15H2,1-3H3. The summed E-state index contributed by atoms with van der Waals surface area (Å²) in [4.78, 5) is 20.8. The van der Waals surface area contributed by atoms with E-state index in [9.17, 15) is 4.79 Å². The van der Waals surface area contributed by atoms with E-state index in [1.807, 2.05) is 24.4 Å². The lowest BCUT2D eigenvalue weighted by Crippen LogP contribution is -2.45. The zero-order chi connectivity index (χ0) is 20.1. The number of hydrogen-bond donors (Lipinski definition) is 0. The fraction of sp³-hybridized carbons (Fsp3) is 0.478. The molecule has 0 radical (unpaired) electrons. The van der Waals surface area contributed by atoms with Crippen molar-refractivity contribution in [2.24, 2.45) is 0 Å². The molecule has 5 heteroatoms. The molecule has 0 atom stereocenters. The monoisotopic (exact) mass is 416 g/mol. The van der Waals surface area contributed by atoms with Gasteiger partial charge in [-0.05, 0) is 56.9 Å². The molecular weight excluding hydrogens is 388 g/mol. The molecule has 1 saturated carbocycles. The van der Waals surface area contributed by atoms with E-state index in [-0.39, 0.29) is 11.9 Å². The van der Waals surface area contributed by atoms with Gasteiger partial charge in [0.2, 0.25) is 0 Å². The van der Waals surface area contributed by atoms with E-state index in [2.05, 4.69) is 36.7 Å². The van der Waals surface area contributed by atoms with E-state index in [0.717, 1.165) is 34.1 Å². The maximum atomic E-state index is 13.3. The Morgan fingerprint density at radius 3 is 2.68 bits per heavy atom. The van der Waals surface area contributed by atoms with Crippen molar-refractivity contribution >= 4 is 29.3 Å². The molecule has 1 heterocycles. The first kappa shape index (κ1) is 21.2. The highest BCUT2D eigenvalue weighted by Crippen LogP contribution is 2.33. The van der Waals surface area contributed by atoms with Crippen LogP contribution in [0.2, 0.25) is 5.02 Å². The molecule has 1 aromatic carbocycles. The fourth-order valence-electron chi connectivity index (χ4n) is 3.97. The molecule has 0 saturated heterocycles. The van der Waals surface area contributed by atoms with Gasteiger partial charge in [0, 0.05) is 35.1 Å². The topological polar surface area (TPSA) is 33.2 Å². The lowest BCUT2D eigenvalue weighted by atomic mass is 9.93. The number of benzene rings is 1. The second kappa shape index (κ2) is 9.80. The summed E-state index contributed by atoms with van der Waals surface area (Å²) in [5.41, 5.74) is 2.90. The number of nitrogens with zero attached hydrogens (tertiary/aromatic N) is 2. The molecular formula is C23H29ClN2OS. The number of carbonyl (C=O) groups is 1. The second-order valence-electron chi connectivity index (χ2n) is 7.85. The van der Waals surface area contributed by atoms with Crippen LogP contribution in [0.3, 0.4) is 0 Å². The van der Waals surface area contributed by atoms with Crippen LogP contribution in [0, 0.1) is 6.92 Å². The number of pyridine rings is 1. The van der Waals surface area contributed by atoms with E-state index in [4.69, 9.17) is 11.6 Å². The summed E-state index contributed by atoms with van der Waals surface area (Å²) in [6.45, 7) is 6.29. The lowest BCUT2D eigenvalue weighted by Gasteiger charge is -2.37. The van der Waals surface area contributed by atoms with Gasteiger partial charge in [-0.1, -0.05) is 43.0 Å². The van der Waals surface area contributed by atoms with Gasteiger partial charge in [-0.25, -0.2) is 0 Å². The quantitative estimate of drug-likeness (QED) is 0.502. The maximum absolute atomic E-state index is 13.3.